The molecule has 0 aliphatic heterocycles. The van der Waals surface area contributed by atoms with E-state index in [-0.39, 0.29) is 5.91 Å². The maximum atomic E-state index is 12.4. The number of para-hydroxylation sites is 2. The number of carbonyl (C=O) groups is 1. The van der Waals surface area contributed by atoms with Crippen molar-refractivity contribution < 1.29 is 13.9 Å². The summed E-state index contributed by atoms with van der Waals surface area (Å²) in [4.78, 5) is 12.4. The quantitative estimate of drug-likeness (QED) is 0.508. The maximum Gasteiger partial charge on any atom is 0.265 e. The summed E-state index contributed by atoms with van der Waals surface area (Å²) in [5, 5.41) is 5.38. The fourth-order valence-corrected chi connectivity index (χ4v) is 3.01. The number of halogens is 1. The van der Waals surface area contributed by atoms with Crippen molar-refractivity contribution >= 4 is 45.1 Å². The number of furan rings is 1. The minimum atomic E-state index is -0.693. The van der Waals surface area contributed by atoms with Crippen LogP contribution in [0.2, 0.25) is 5.02 Å². The molecule has 130 valence electrons. The zero-order chi connectivity index (χ0) is 18.1. The molecule has 0 saturated heterocycles. The lowest BCUT2D eigenvalue weighted by Crippen LogP contribution is -2.30. The van der Waals surface area contributed by atoms with Crippen molar-refractivity contribution in [2.75, 3.05) is 5.32 Å². The van der Waals surface area contributed by atoms with E-state index in [1.165, 1.54) is 0 Å². The number of nitrogens with one attached hydrogen (secondary N) is 1. The van der Waals surface area contributed by atoms with Gasteiger partial charge in [0.1, 0.15) is 16.9 Å². The highest BCUT2D eigenvalue weighted by Crippen LogP contribution is 2.30. The summed E-state index contributed by atoms with van der Waals surface area (Å²) in [6.07, 6.45) is -0.693. The van der Waals surface area contributed by atoms with E-state index in [1.54, 1.807) is 25.1 Å². The third kappa shape index (κ3) is 3.11. The second-order valence-electron chi connectivity index (χ2n) is 5.99. The monoisotopic (exact) mass is 365 g/mol. The summed E-state index contributed by atoms with van der Waals surface area (Å²) in [7, 11) is 0. The lowest BCUT2D eigenvalue weighted by atomic mass is 10.1. The van der Waals surface area contributed by atoms with Crippen molar-refractivity contribution in [1.82, 2.24) is 0 Å². The van der Waals surface area contributed by atoms with Gasteiger partial charge in [-0.25, -0.2) is 0 Å². The summed E-state index contributed by atoms with van der Waals surface area (Å²) >= 11 is 6.07. The van der Waals surface area contributed by atoms with Crippen LogP contribution in [0.25, 0.3) is 21.9 Å². The van der Waals surface area contributed by atoms with Gasteiger partial charge in [-0.2, -0.15) is 0 Å². The summed E-state index contributed by atoms with van der Waals surface area (Å²) in [5.41, 5.74) is 2.20. The lowest BCUT2D eigenvalue weighted by molar-refractivity contribution is -0.122. The fourth-order valence-electron chi connectivity index (χ4n) is 2.83. The number of hydrogen-bond acceptors (Lipinski definition) is 3. The van der Waals surface area contributed by atoms with Gasteiger partial charge in [0.05, 0.1) is 5.02 Å². The Bertz CT molecular complexity index is 1100. The van der Waals surface area contributed by atoms with E-state index in [4.69, 9.17) is 20.8 Å². The SMILES string of the molecule is CC(Oc1ccccc1Cl)C(=O)Nc1ccc2c(c1)oc1ccccc12. The van der Waals surface area contributed by atoms with Gasteiger partial charge >= 0.3 is 0 Å². The van der Waals surface area contributed by atoms with Gasteiger partial charge in [0.2, 0.25) is 0 Å². The van der Waals surface area contributed by atoms with Crippen LogP contribution in [-0.4, -0.2) is 12.0 Å². The van der Waals surface area contributed by atoms with Crippen molar-refractivity contribution in [3.8, 4) is 5.75 Å². The van der Waals surface area contributed by atoms with E-state index in [9.17, 15) is 4.79 Å². The number of rotatable bonds is 4. The molecule has 5 heteroatoms. The average Bonchev–Trinajstić information content (AvgIpc) is 3.01. The van der Waals surface area contributed by atoms with Crippen LogP contribution in [0.15, 0.2) is 71.1 Å². The number of hydrogen-bond donors (Lipinski definition) is 1. The summed E-state index contributed by atoms with van der Waals surface area (Å²) in [6, 6.07) is 20.5. The van der Waals surface area contributed by atoms with E-state index in [0.717, 1.165) is 21.9 Å². The van der Waals surface area contributed by atoms with Gasteiger partial charge < -0.3 is 14.5 Å². The van der Waals surface area contributed by atoms with E-state index in [1.807, 2.05) is 48.5 Å². The van der Waals surface area contributed by atoms with Gasteiger partial charge in [-0.15, -0.1) is 0 Å². The minimum absolute atomic E-state index is 0.264. The maximum absolute atomic E-state index is 12.4. The molecule has 0 aliphatic carbocycles. The Balaban J connectivity index is 1.53. The molecule has 0 fully saturated rings. The number of carbonyl (C=O) groups excluding carboxylic acids is 1. The number of anilines is 1. The zero-order valence-electron chi connectivity index (χ0n) is 14.0. The summed E-state index contributed by atoms with van der Waals surface area (Å²) in [5.74, 6) is 0.213. The molecule has 1 atom stereocenters. The standard InChI is InChI=1S/C21H16ClNO3/c1-13(25-19-9-5-3-7-17(19)22)21(24)23-14-10-11-16-15-6-2-4-8-18(15)26-20(16)12-14/h2-13H,1H3,(H,23,24). The number of ether oxygens (including phenoxy) is 1. The smallest absolute Gasteiger partial charge is 0.265 e. The highest BCUT2D eigenvalue weighted by Gasteiger charge is 2.17. The molecular weight excluding hydrogens is 350 g/mol. The molecule has 0 saturated carbocycles. The van der Waals surface area contributed by atoms with Crippen molar-refractivity contribution in [1.29, 1.82) is 0 Å². The van der Waals surface area contributed by atoms with Crippen LogP contribution >= 0.6 is 11.6 Å². The minimum Gasteiger partial charge on any atom is -0.479 e. The third-order valence-corrected chi connectivity index (χ3v) is 4.47. The summed E-state index contributed by atoms with van der Waals surface area (Å²) in [6.45, 7) is 1.68. The van der Waals surface area contributed by atoms with E-state index in [2.05, 4.69) is 5.32 Å². The van der Waals surface area contributed by atoms with Gasteiger partial charge in [0.25, 0.3) is 5.91 Å². The first-order chi connectivity index (χ1) is 12.6. The van der Waals surface area contributed by atoms with Crippen LogP contribution in [0, 0.1) is 0 Å². The molecule has 0 radical (unpaired) electrons. The van der Waals surface area contributed by atoms with Crippen molar-refractivity contribution in [2.45, 2.75) is 13.0 Å². The summed E-state index contributed by atoms with van der Waals surface area (Å²) < 4.78 is 11.5. The van der Waals surface area contributed by atoms with Crippen molar-refractivity contribution in [2.24, 2.45) is 0 Å². The van der Waals surface area contributed by atoms with E-state index < -0.39 is 6.10 Å². The highest BCUT2D eigenvalue weighted by molar-refractivity contribution is 6.32. The van der Waals surface area contributed by atoms with Crippen LogP contribution in [0.5, 0.6) is 5.75 Å². The van der Waals surface area contributed by atoms with Gasteiger partial charge in [-0.3, -0.25) is 4.79 Å². The Kier molecular flexibility index (Phi) is 4.27. The van der Waals surface area contributed by atoms with E-state index >= 15 is 0 Å². The largest absolute Gasteiger partial charge is 0.479 e. The fraction of sp³-hybridized carbons (Fsp3) is 0.0952. The molecule has 26 heavy (non-hydrogen) atoms. The molecule has 1 amide bonds. The Hall–Kier alpha value is -2.98. The Morgan fingerprint density at radius 3 is 2.58 bits per heavy atom. The van der Waals surface area contributed by atoms with E-state index in [0.29, 0.717) is 16.5 Å². The molecule has 1 unspecified atom stereocenters. The molecular formula is C21H16ClNO3. The zero-order valence-corrected chi connectivity index (χ0v) is 14.8. The molecule has 1 aromatic heterocycles. The van der Waals surface area contributed by atoms with Gasteiger partial charge in [-0.1, -0.05) is 41.9 Å². The first-order valence-electron chi connectivity index (χ1n) is 8.25. The van der Waals surface area contributed by atoms with Crippen LogP contribution in [0.4, 0.5) is 5.69 Å². The predicted octanol–water partition coefficient (Wildman–Crippen LogP) is 5.65. The average molecular weight is 366 g/mol. The van der Waals surface area contributed by atoms with Crippen LogP contribution < -0.4 is 10.1 Å². The third-order valence-electron chi connectivity index (χ3n) is 4.16. The molecule has 3 aromatic carbocycles. The molecule has 0 aliphatic rings. The van der Waals surface area contributed by atoms with Crippen molar-refractivity contribution in [3.05, 3.63) is 71.8 Å². The second-order valence-corrected chi connectivity index (χ2v) is 6.40. The first kappa shape index (κ1) is 16.5. The molecule has 4 nitrogen and oxygen atoms in total. The molecule has 4 aromatic rings. The molecule has 1 N–H and O–H groups in total. The van der Waals surface area contributed by atoms with Crippen LogP contribution in [-0.2, 0) is 4.79 Å². The Morgan fingerprint density at radius 1 is 1.00 bits per heavy atom. The van der Waals surface area contributed by atoms with Crippen LogP contribution in [0.3, 0.4) is 0 Å². The number of benzene rings is 3. The number of fused-ring (bicyclic) bond motifs is 3. The molecule has 4 rings (SSSR count). The first-order valence-corrected chi connectivity index (χ1v) is 8.63. The predicted molar refractivity (Wildman–Crippen MR) is 104 cm³/mol. The van der Waals surface area contributed by atoms with Gasteiger partial charge in [0.15, 0.2) is 6.10 Å². The van der Waals surface area contributed by atoms with Crippen molar-refractivity contribution in [3.63, 3.8) is 0 Å². The van der Waals surface area contributed by atoms with Gasteiger partial charge in [-0.05, 0) is 37.3 Å². The molecule has 0 bridgehead atoms. The van der Waals surface area contributed by atoms with Crippen LogP contribution in [0.1, 0.15) is 6.92 Å². The number of amides is 1. The topological polar surface area (TPSA) is 51.5 Å². The second kappa shape index (κ2) is 6.73. The van der Waals surface area contributed by atoms with Gasteiger partial charge in [0, 0.05) is 22.5 Å². The molecule has 1 heterocycles. The normalized spacial score (nSPS) is 12.2. The lowest BCUT2D eigenvalue weighted by Gasteiger charge is -2.15. The Labute approximate surface area is 155 Å². The highest BCUT2D eigenvalue weighted by atomic mass is 35.5. The Morgan fingerprint density at radius 2 is 1.73 bits per heavy atom. The molecule has 0 spiro atoms.